The van der Waals surface area contributed by atoms with Gasteiger partial charge in [0.1, 0.15) is 17.2 Å². The zero-order chi connectivity index (χ0) is 49.9. The normalized spacial score (nSPS) is 17.7. The van der Waals surface area contributed by atoms with Gasteiger partial charge >= 0.3 is 0 Å². The highest BCUT2D eigenvalue weighted by atomic mass is 16.3. The predicted octanol–water partition coefficient (Wildman–Crippen LogP) is 15.9. The van der Waals surface area contributed by atoms with Gasteiger partial charge in [0.25, 0.3) is 6.71 Å². The first-order valence-corrected chi connectivity index (χ1v) is 26.0. The molecule has 71 heavy (non-hydrogen) atoms. The number of rotatable bonds is 5. The monoisotopic (exact) mass is 933 g/mol. The molecule has 0 atom stereocenters. The molecular weight excluding hydrogens is 864 g/mol. The zero-order valence-corrected chi connectivity index (χ0v) is 44.5. The van der Waals surface area contributed by atoms with E-state index in [2.05, 4.69) is 251 Å². The van der Waals surface area contributed by atoms with E-state index in [1.807, 2.05) is 0 Å². The van der Waals surface area contributed by atoms with Gasteiger partial charge in [-0.15, -0.1) is 0 Å². The molecule has 2 aliphatic carbocycles. The van der Waals surface area contributed by atoms with Crippen LogP contribution < -0.4 is 31.3 Å². The molecule has 0 radical (unpaired) electrons. The molecule has 0 fully saturated rings. The Bertz CT molecular complexity index is 3420. The van der Waals surface area contributed by atoms with Crippen LogP contribution in [-0.2, 0) is 32.5 Å². The summed E-state index contributed by atoms with van der Waals surface area (Å²) >= 11 is 0. The maximum absolute atomic E-state index is 7.48. The quantitative estimate of drug-likeness (QED) is 0.161. The molecule has 6 aromatic carbocycles. The van der Waals surface area contributed by atoms with E-state index < -0.39 is 0 Å². The minimum Gasteiger partial charge on any atom is -0.468 e. The number of benzene rings is 6. The molecular formula is C65H69BN4O. The van der Waals surface area contributed by atoms with Crippen LogP contribution in [0.5, 0.6) is 0 Å². The van der Waals surface area contributed by atoms with E-state index in [1.54, 1.807) is 0 Å². The Balaban J connectivity index is 1.25. The molecule has 4 aliphatic rings. The maximum Gasteiger partial charge on any atom is 0.299 e. The average Bonchev–Trinajstić information content (AvgIpc) is 3.84. The smallest absolute Gasteiger partial charge is 0.299 e. The molecule has 8 aromatic rings. The van der Waals surface area contributed by atoms with Crippen LogP contribution in [0.25, 0.3) is 11.0 Å². The van der Waals surface area contributed by atoms with Gasteiger partial charge < -0.3 is 9.32 Å². The van der Waals surface area contributed by atoms with Crippen molar-refractivity contribution in [1.82, 2.24) is 4.98 Å². The lowest BCUT2D eigenvalue weighted by atomic mass is 9.35. The molecule has 2 aromatic heterocycles. The zero-order valence-electron chi connectivity index (χ0n) is 44.5. The number of aromatic nitrogens is 1. The Hall–Kier alpha value is -6.53. The van der Waals surface area contributed by atoms with Gasteiger partial charge in [-0.2, -0.15) is 0 Å². The predicted molar refractivity (Wildman–Crippen MR) is 301 cm³/mol. The van der Waals surface area contributed by atoms with Gasteiger partial charge in [-0.05, 0) is 151 Å². The van der Waals surface area contributed by atoms with E-state index in [4.69, 9.17) is 9.40 Å². The number of furan rings is 1. The van der Waals surface area contributed by atoms with E-state index in [9.17, 15) is 0 Å². The van der Waals surface area contributed by atoms with Crippen molar-refractivity contribution in [3.63, 3.8) is 0 Å². The van der Waals surface area contributed by atoms with Gasteiger partial charge in [0.2, 0.25) is 0 Å². The molecule has 0 N–H and O–H groups in total. The summed E-state index contributed by atoms with van der Waals surface area (Å²) in [6.07, 6.45) is 2.16. The number of pyridine rings is 1. The van der Waals surface area contributed by atoms with Gasteiger partial charge in [-0.25, -0.2) is 4.98 Å². The fourth-order valence-electron chi connectivity index (χ4n) is 13.7. The molecule has 2 aliphatic heterocycles. The molecule has 12 rings (SSSR count). The third-order valence-electron chi connectivity index (χ3n) is 16.7. The van der Waals surface area contributed by atoms with Crippen molar-refractivity contribution in [3.05, 3.63) is 173 Å². The molecule has 0 saturated heterocycles. The highest BCUT2D eigenvalue weighted by Gasteiger charge is 2.52. The molecule has 4 heterocycles. The van der Waals surface area contributed by atoms with E-state index >= 15 is 0 Å². The van der Waals surface area contributed by atoms with Gasteiger partial charge in [0, 0.05) is 51.0 Å². The Labute approximate surface area is 423 Å². The second kappa shape index (κ2) is 15.0. The molecule has 0 unspecified atom stereocenters. The third-order valence-corrected chi connectivity index (χ3v) is 16.7. The van der Waals surface area contributed by atoms with Gasteiger partial charge in [0.05, 0.1) is 11.3 Å². The molecule has 0 bridgehead atoms. The van der Waals surface area contributed by atoms with Gasteiger partial charge in [-0.3, -0.25) is 9.80 Å². The van der Waals surface area contributed by atoms with E-state index in [-0.39, 0.29) is 39.2 Å². The fourth-order valence-corrected chi connectivity index (χ4v) is 13.7. The second-order valence-electron chi connectivity index (χ2n) is 26.0. The molecule has 0 saturated carbocycles. The van der Waals surface area contributed by atoms with Crippen LogP contribution in [0.2, 0.25) is 0 Å². The molecule has 0 amide bonds. The number of hydrogen-bond acceptors (Lipinski definition) is 5. The minimum absolute atomic E-state index is 0.00281. The summed E-state index contributed by atoms with van der Waals surface area (Å²) in [6, 6.07) is 52.5. The van der Waals surface area contributed by atoms with Crippen molar-refractivity contribution >= 4 is 85.7 Å². The Morgan fingerprint density at radius 3 is 1.65 bits per heavy atom. The summed E-state index contributed by atoms with van der Waals surface area (Å²) in [7, 11) is 0. The first-order valence-electron chi connectivity index (χ1n) is 26.0. The summed E-state index contributed by atoms with van der Waals surface area (Å²) in [5.74, 6) is 1.77. The van der Waals surface area contributed by atoms with Crippen LogP contribution in [0.15, 0.2) is 144 Å². The van der Waals surface area contributed by atoms with Crippen LogP contribution >= 0.6 is 0 Å². The minimum atomic E-state index is -0.241. The van der Waals surface area contributed by atoms with Crippen molar-refractivity contribution in [2.45, 2.75) is 142 Å². The summed E-state index contributed by atoms with van der Waals surface area (Å²) in [6.45, 7) is 33.0. The lowest BCUT2D eigenvalue weighted by Gasteiger charge is -2.43. The Morgan fingerprint density at radius 2 is 1.06 bits per heavy atom. The van der Waals surface area contributed by atoms with Gasteiger partial charge in [-0.1, -0.05) is 164 Å². The summed E-state index contributed by atoms with van der Waals surface area (Å²) in [5, 5.41) is 1.12. The summed E-state index contributed by atoms with van der Waals surface area (Å²) in [5.41, 5.74) is 20.2. The number of para-hydroxylation sites is 2. The standard InChI is InChI=1S/C65H69BN4O/c1-60(2,3)40-25-28-44(29-26-40)69-53-37-55(68(42-21-17-15-18-22-42)43-23-19-16-20-24-43)67-59-56(53)66(58-57(69)46-33-41(61(4,5)6)27-32-54(46)71-58)51-35-49-50(65(13,14)39-64(49,11)12)36-52(51)70(59)45-30-31-47-48(34-45)63(9,10)38-62(47,7)8/h15-37H,38-39H2,1-14H3. The fraction of sp³-hybridized carbons (Fsp3) is 0.338. The summed E-state index contributed by atoms with van der Waals surface area (Å²) < 4.78 is 7.48. The van der Waals surface area contributed by atoms with Crippen LogP contribution in [0.3, 0.4) is 0 Å². The Kier molecular flexibility index (Phi) is 9.64. The molecule has 0 spiro atoms. The second-order valence-corrected chi connectivity index (χ2v) is 26.0. The summed E-state index contributed by atoms with van der Waals surface area (Å²) in [4.78, 5) is 13.5. The van der Waals surface area contributed by atoms with Crippen molar-refractivity contribution in [1.29, 1.82) is 0 Å². The average molecular weight is 933 g/mol. The first-order chi connectivity index (χ1) is 33.4. The molecule has 6 heteroatoms. The van der Waals surface area contributed by atoms with Crippen LogP contribution in [0.4, 0.5) is 51.4 Å². The van der Waals surface area contributed by atoms with Crippen molar-refractivity contribution < 1.29 is 4.42 Å². The Morgan fingerprint density at radius 1 is 0.521 bits per heavy atom. The molecule has 5 nitrogen and oxygen atoms in total. The number of anilines is 9. The lowest BCUT2D eigenvalue weighted by Crippen LogP contribution is -2.61. The number of hydrogen-bond donors (Lipinski definition) is 0. The van der Waals surface area contributed by atoms with Crippen molar-refractivity contribution in [3.8, 4) is 0 Å². The SMILES string of the molecule is CC(C)(C)c1ccc(N2c3cc(N(c4ccccc4)c4ccccc4)nc4c3B(c3cc5c(cc3N4c3ccc4c(c3)C(C)(C)CC4(C)C)C(C)(C)CC5(C)C)c3oc4ccc(C(C)(C)C)cc4c32)cc1. The highest BCUT2D eigenvalue weighted by Crippen LogP contribution is 2.56. The van der Waals surface area contributed by atoms with E-state index in [1.165, 1.54) is 44.5 Å². The van der Waals surface area contributed by atoms with Crippen LogP contribution in [0.1, 0.15) is 143 Å². The first kappa shape index (κ1) is 45.6. The lowest BCUT2D eigenvalue weighted by molar-refractivity contribution is 0.403. The third kappa shape index (κ3) is 6.97. The number of nitrogens with zero attached hydrogens (tertiary/aromatic N) is 4. The van der Waals surface area contributed by atoms with Crippen LogP contribution in [0, 0.1) is 0 Å². The number of fused-ring (bicyclic) bond motifs is 8. The van der Waals surface area contributed by atoms with Crippen molar-refractivity contribution in [2.24, 2.45) is 0 Å². The van der Waals surface area contributed by atoms with Crippen molar-refractivity contribution in [2.75, 3.05) is 14.7 Å². The van der Waals surface area contributed by atoms with Crippen LogP contribution in [-0.4, -0.2) is 11.7 Å². The highest BCUT2D eigenvalue weighted by molar-refractivity contribution is 6.99. The van der Waals surface area contributed by atoms with Gasteiger partial charge in [0.15, 0.2) is 0 Å². The maximum atomic E-state index is 7.48. The van der Waals surface area contributed by atoms with E-state index in [0.29, 0.717) is 0 Å². The largest absolute Gasteiger partial charge is 0.468 e. The molecule has 358 valence electrons. The van der Waals surface area contributed by atoms with E-state index in [0.717, 1.165) is 80.7 Å². The topological polar surface area (TPSA) is 35.8 Å².